The quantitative estimate of drug-likeness (QED) is 0.771. The summed E-state index contributed by atoms with van der Waals surface area (Å²) in [6.45, 7) is 1.47. The molecule has 3 aromatic rings. The van der Waals surface area contributed by atoms with Crippen molar-refractivity contribution >= 4 is 22.8 Å². The molecule has 0 saturated carbocycles. The molecule has 1 aromatic heterocycles. The summed E-state index contributed by atoms with van der Waals surface area (Å²) in [5, 5.41) is 5.15. The molecule has 2 amide bonds. The van der Waals surface area contributed by atoms with Crippen LogP contribution < -0.4 is 16.0 Å². The highest BCUT2D eigenvalue weighted by molar-refractivity contribution is 5.86. The molecule has 0 radical (unpaired) electrons. The Balaban J connectivity index is 1.59. The second-order valence-electron chi connectivity index (χ2n) is 6.24. The van der Waals surface area contributed by atoms with Crippen LogP contribution in [0.5, 0.6) is 0 Å². The molecule has 126 valence electrons. The molecule has 1 saturated heterocycles. The largest absolute Gasteiger partial charge is 0.352 e. The average Bonchev–Trinajstić information content (AvgIpc) is 3.09. The Bertz CT molecular complexity index is 926. The molecule has 0 unspecified atom stereocenters. The minimum Gasteiger partial charge on any atom is -0.352 e. The van der Waals surface area contributed by atoms with Crippen molar-refractivity contribution < 1.29 is 4.79 Å². The summed E-state index contributed by atoms with van der Waals surface area (Å²) in [7, 11) is 0. The first kappa shape index (κ1) is 15.4. The van der Waals surface area contributed by atoms with Crippen LogP contribution in [0.1, 0.15) is 6.42 Å². The van der Waals surface area contributed by atoms with Gasteiger partial charge in [0.25, 0.3) is 0 Å². The van der Waals surface area contributed by atoms with Crippen LogP contribution in [0.3, 0.4) is 0 Å². The van der Waals surface area contributed by atoms with Gasteiger partial charge < -0.3 is 16.0 Å². The number of nitrogens with one attached hydrogen (secondary N) is 1. The average molecular weight is 333 g/mol. The Labute approximate surface area is 145 Å². The first-order chi connectivity index (χ1) is 12.2. The van der Waals surface area contributed by atoms with Gasteiger partial charge in [0.05, 0.1) is 5.69 Å². The van der Waals surface area contributed by atoms with E-state index in [0.29, 0.717) is 12.5 Å². The van der Waals surface area contributed by atoms with Crippen molar-refractivity contribution in [3.8, 4) is 11.3 Å². The monoisotopic (exact) mass is 333 g/mol. The van der Waals surface area contributed by atoms with Crippen molar-refractivity contribution in [1.82, 2.24) is 15.3 Å². The van der Waals surface area contributed by atoms with E-state index in [-0.39, 0.29) is 6.04 Å². The van der Waals surface area contributed by atoms with Crippen LogP contribution in [-0.4, -0.2) is 35.1 Å². The maximum absolute atomic E-state index is 11.0. The summed E-state index contributed by atoms with van der Waals surface area (Å²) in [5.41, 5.74) is 7.16. The van der Waals surface area contributed by atoms with E-state index in [0.717, 1.165) is 24.2 Å². The Morgan fingerprint density at radius 3 is 2.84 bits per heavy atom. The van der Waals surface area contributed by atoms with Gasteiger partial charge in [0, 0.05) is 30.9 Å². The van der Waals surface area contributed by atoms with Crippen molar-refractivity contribution in [1.29, 1.82) is 0 Å². The lowest BCUT2D eigenvalue weighted by molar-refractivity contribution is 0.246. The number of nitrogens with zero attached hydrogens (tertiary/aromatic N) is 3. The van der Waals surface area contributed by atoms with Gasteiger partial charge in [0.1, 0.15) is 0 Å². The van der Waals surface area contributed by atoms with Crippen molar-refractivity contribution in [2.75, 3.05) is 18.0 Å². The van der Waals surface area contributed by atoms with Crippen LogP contribution in [0, 0.1) is 0 Å². The summed E-state index contributed by atoms with van der Waals surface area (Å²) >= 11 is 0. The first-order valence-corrected chi connectivity index (χ1v) is 8.32. The third-order valence-corrected chi connectivity index (χ3v) is 4.51. The van der Waals surface area contributed by atoms with Crippen molar-refractivity contribution in [3.63, 3.8) is 0 Å². The third kappa shape index (κ3) is 3.24. The number of urea groups is 1. The number of amides is 2. The molecule has 6 nitrogen and oxygen atoms in total. The van der Waals surface area contributed by atoms with Crippen LogP contribution in [0.4, 0.5) is 10.7 Å². The molecule has 1 aliphatic heterocycles. The number of primary amides is 1. The zero-order valence-electron chi connectivity index (χ0n) is 13.7. The maximum Gasteiger partial charge on any atom is 0.312 e. The lowest BCUT2D eigenvalue weighted by Gasteiger charge is -2.17. The summed E-state index contributed by atoms with van der Waals surface area (Å²) in [4.78, 5) is 22.2. The van der Waals surface area contributed by atoms with E-state index < -0.39 is 6.03 Å². The van der Waals surface area contributed by atoms with E-state index in [4.69, 9.17) is 10.7 Å². The standard InChI is InChI=1S/C19H19N5O/c20-18(25)22-16-8-10-24(12-16)19-21-9-7-17(23-19)15-6-5-13-3-1-2-4-14(13)11-15/h1-7,9,11,16H,8,10,12H2,(H3,20,22,25)/t16-/m0/s1. The minimum atomic E-state index is -0.488. The number of carbonyl (C=O) groups is 1. The smallest absolute Gasteiger partial charge is 0.312 e. The van der Waals surface area contributed by atoms with Gasteiger partial charge in [-0.15, -0.1) is 0 Å². The Morgan fingerprint density at radius 1 is 1.16 bits per heavy atom. The van der Waals surface area contributed by atoms with Gasteiger partial charge in [-0.2, -0.15) is 0 Å². The third-order valence-electron chi connectivity index (χ3n) is 4.51. The zero-order chi connectivity index (χ0) is 17.2. The number of benzene rings is 2. The zero-order valence-corrected chi connectivity index (χ0v) is 13.7. The van der Waals surface area contributed by atoms with Gasteiger partial charge in [-0.3, -0.25) is 0 Å². The predicted octanol–water partition coefficient (Wildman–Crippen LogP) is 2.54. The molecule has 0 spiro atoms. The number of carbonyl (C=O) groups excluding carboxylic acids is 1. The second kappa shape index (κ2) is 6.39. The van der Waals surface area contributed by atoms with E-state index in [1.807, 2.05) is 18.2 Å². The number of aromatic nitrogens is 2. The lowest BCUT2D eigenvalue weighted by atomic mass is 10.1. The van der Waals surface area contributed by atoms with Crippen LogP contribution >= 0.6 is 0 Å². The molecule has 1 aliphatic rings. The summed E-state index contributed by atoms with van der Waals surface area (Å²) < 4.78 is 0. The van der Waals surface area contributed by atoms with Crippen LogP contribution in [0.15, 0.2) is 54.7 Å². The van der Waals surface area contributed by atoms with Gasteiger partial charge in [0.2, 0.25) is 5.95 Å². The van der Waals surface area contributed by atoms with E-state index in [2.05, 4.69) is 45.5 Å². The van der Waals surface area contributed by atoms with Crippen LogP contribution in [0.25, 0.3) is 22.0 Å². The number of hydrogen-bond donors (Lipinski definition) is 2. The summed E-state index contributed by atoms with van der Waals surface area (Å²) in [6, 6.07) is 16.1. The molecule has 1 fully saturated rings. The van der Waals surface area contributed by atoms with Crippen molar-refractivity contribution in [2.24, 2.45) is 5.73 Å². The molecule has 1 atom stereocenters. The molecular formula is C19H19N5O. The number of nitrogens with two attached hydrogens (primary N) is 1. The van der Waals surface area contributed by atoms with Gasteiger partial charge >= 0.3 is 6.03 Å². The summed E-state index contributed by atoms with van der Waals surface area (Å²) in [6.07, 6.45) is 2.62. The number of fused-ring (bicyclic) bond motifs is 1. The fraction of sp³-hybridized carbons (Fsp3) is 0.211. The number of hydrogen-bond acceptors (Lipinski definition) is 4. The fourth-order valence-electron chi connectivity index (χ4n) is 3.27. The highest BCUT2D eigenvalue weighted by Crippen LogP contribution is 2.25. The number of anilines is 1. The first-order valence-electron chi connectivity index (χ1n) is 8.32. The molecule has 4 rings (SSSR count). The molecule has 3 N–H and O–H groups in total. The van der Waals surface area contributed by atoms with Gasteiger partial charge in [0.15, 0.2) is 0 Å². The maximum atomic E-state index is 11.0. The lowest BCUT2D eigenvalue weighted by Crippen LogP contribution is -2.40. The molecule has 25 heavy (non-hydrogen) atoms. The molecule has 0 bridgehead atoms. The normalized spacial score (nSPS) is 17.0. The SMILES string of the molecule is NC(=O)N[C@H]1CCN(c2nccc(-c3ccc4ccccc4c3)n2)C1. The van der Waals surface area contributed by atoms with Crippen molar-refractivity contribution in [2.45, 2.75) is 12.5 Å². The highest BCUT2D eigenvalue weighted by atomic mass is 16.2. The second-order valence-corrected chi connectivity index (χ2v) is 6.24. The Hall–Kier alpha value is -3.15. The van der Waals surface area contributed by atoms with E-state index >= 15 is 0 Å². The van der Waals surface area contributed by atoms with E-state index in [1.165, 1.54) is 10.8 Å². The van der Waals surface area contributed by atoms with Crippen LogP contribution in [-0.2, 0) is 0 Å². The van der Waals surface area contributed by atoms with E-state index in [1.54, 1.807) is 6.20 Å². The van der Waals surface area contributed by atoms with Crippen molar-refractivity contribution in [3.05, 3.63) is 54.7 Å². The molecule has 0 aliphatic carbocycles. The Morgan fingerprint density at radius 2 is 2.00 bits per heavy atom. The van der Waals surface area contributed by atoms with Gasteiger partial charge in [-0.1, -0.05) is 36.4 Å². The van der Waals surface area contributed by atoms with Gasteiger partial charge in [-0.05, 0) is 29.3 Å². The van der Waals surface area contributed by atoms with Gasteiger partial charge in [-0.25, -0.2) is 14.8 Å². The fourth-order valence-corrected chi connectivity index (χ4v) is 3.27. The predicted molar refractivity (Wildman–Crippen MR) is 98.3 cm³/mol. The van der Waals surface area contributed by atoms with Crippen LogP contribution in [0.2, 0.25) is 0 Å². The molecule has 2 aromatic carbocycles. The molecule has 6 heteroatoms. The summed E-state index contributed by atoms with van der Waals surface area (Å²) in [5.74, 6) is 0.680. The Kier molecular flexibility index (Phi) is 3.93. The van der Waals surface area contributed by atoms with E-state index in [9.17, 15) is 4.79 Å². The molecular weight excluding hydrogens is 314 g/mol. The highest BCUT2D eigenvalue weighted by Gasteiger charge is 2.25. The minimum absolute atomic E-state index is 0.0467. The number of rotatable bonds is 3. The topological polar surface area (TPSA) is 84.1 Å². The molecule has 2 heterocycles.